The number of H-pyrrole nitrogens is 1. The molecule has 19 heavy (non-hydrogen) atoms. The van der Waals surface area contributed by atoms with Crippen molar-refractivity contribution in [2.45, 2.75) is 19.1 Å². The topological polar surface area (TPSA) is 113 Å². The molecule has 3 N–H and O–H groups in total. The SMILES string of the molecule is COCC(O)CCNC(=O)Cn1ccc(=O)[nH]c1=O. The molecule has 1 heterocycles. The molecule has 0 bridgehead atoms. The Labute approximate surface area is 109 Å². The third kappa shape index (κ3) is 5.49. The van der Waals surface area contributed by atoms with Crippen molar-refractivity contribution in [1.29, 1.82) is 0 Å². The number of hydrogen-bond acceptors (Lipinski definition) is 5. The lowest BCUT2D eigenvalue weighted by Crippen LogP contribution is -2.36. The Morgan fingerprint density at radius 1 is 1.58 bits per heavy atom. The molecule has 0 fully saturated rings. The molecule has 0 spiro atoms. The van der Waals surface area contributed by atoms with Crippen LogP contribution in [0.4, 0.5) is 0 Å². The summed E-state index contributed by atoms with van der Waals surface area (Å²) in [6, 6.07) is 1.16. The molecule has 0 saturated heterocycles. The maximum absolute atomic E-state index is 11.5. The van der Waals surface area contributed by atoms with Crippen LogP contribution >= 0.6 is 0 Å². The first-order valence-corrected chi connectivity index (χ1v) is 5.76. The van der Waals surface area contributed by atoms with E-state index in [-0.39, 0.29) is 25.6 Å². The number of amides is 1. The molecule has 1 rings (SSSR count). The maximum Gasteiger partial charge on any atom is 0.328 e. The minimum absolute atomic E-state index is 0.185. The molecule has 1 amide bonds. The predicted octanol–water partition coefficient (Wildman–Crippen LogP) is -1.95. The van der Waals surface area contributed by atoms with Crippen molar-refractivity contribution < 1.29 is 14.6 Å². The van der Waals surface area contributed by atoms with E-state index in [2.05, 4.69) is 10.3 Å². The third-order valence-electron chi connectivity index (χ3n) is 2.37. The van der Waals surface area contributed by atoms with Crippen LogP contribution in [0.5, 0.6) is 0 Å². The van der Waals surface area contributed by atoms with Crippen molar-refractivity contribution >= 4 is 5.91 Å². The largest absolute Gasteiger partial charge is 0.391 e. The van der Waals surface area contributed by atoms with Gasteiger partial charge in [0, 0.05) is 25.9 Å². The maximum atomic E-state index is 11.5. The van der Waals surface area contributed by atoms with E-state index in [1.54, 1.807) is 0 Å². The number of ether oxygens (including phenoxy) is 1. The Bertz CT molecular complexity index is 522. The number of rotatable bonds is 7. The first-order chi connectivity index (χ1) is 9.02. The van der Waals surface area contributed by atoms with Gasteiger partial charge in [0.25, 0.3) is 5.56 Å². The van der Waals surface area contributed by atoms with E-state index >= 15 is 0 Å². The van der Waals surface area contributed by atoms with Gasteiger partial charge in [-0.2, -0.15) is 0 Å². The molecule has 106 valence electrons. The molecule has 0 aromatic carbocycles. The van der Waals surface area contributed by atoms with Crippen LogP contribution in [0.15, 0.2) is 21.9 Å². The Morgan fingerprint density at radius 2 is 2.32 bits per heavy atom. The van der Waals surface area contributed by atoms with Gasteiger partial charge in [-0.05, 0) is 6.42 Å². The number of methoxy groups -OCH3 is 1. The smallest absolute Gasteiger partial charge is 0.328 e. The van der Waals surface area contributed by atoms with E-state index in [4.69, 9.17) is 4.74 Å². The van der Waals surface area contributed by atoms with Crippen molar-refractivity contribution in [1.82, 2.24) is 14.9 Å². The molecule has 1 unspecified atom stereocenters. The lowest BCUT2D eigenvalue weighted by atomic mass is 10.2. The van der Waals surface area contributed by atoms with Crippen LogP contribution in [-0.4, -0.2) is 46.9 Å². The van der Waals surface area contributed by atoms with Gasteiger partial charge in [0.05, 0.1) is 12.7 Å². The normalized spacial score (nSPS) is 12.1. The lowest BCUT2D eigenvalue weighted by molar-refractivity contribution is -0.121. The van der Waals surface area contributed by atoms with Gasteiger partial charge in [-0.1, -0.05) is 0 Å². The van der Waals surface area contributed by atoms with Crippen LogP contribution in [0, 0.1) is 0 Å². The van der Waals surface area contributed by atoms with Gasteiger partial charge >= 0.3 is 5.69 Å². The second-order valence-electron chi connectivity index (χ2n) is 3.99. The number of nitrogens with one attached hydrogen (secondary N) is 2. The lowest BCUT2D eigenvalue weighted by Gasteiger charge is -2.10. The fourth-order valence-corrected chi connectivity index (χ4v) is 1.43. The highest BCUT2D eigenvalue weighted by Crippen LogP contribution is 1.90. The zero-order valence-electron chi connectivity index (χ0n) is 10.6. The first kappa shape index (κ1) is 15.1. The summed E-state index contributed by atoms with van der Waals surface area (Å²) in [6.07, 6.45) is 0.974. The summed E-state index contributed by atoms with van der Waals surface area (Å²) in [5.74, 6) is -0.376. The highest BCUT2D eigenvalue weighted by molar-refractivity contribution is 5.75. The van der Waals surface area contributed by atoms with Crippen LogP contribution in [-0.2, 0) is 16.1 Å². The number of nitrogens with zero attached hydrogens (tertiary/aromatic N) is 1. The zero-order valence-corrected chi connectivity index (χ0v) is 10.6. The molecule has 1 atom stereocenters. The highest BCUT2D eigenvalue weighted by atomic mass is 16.5. The number of hydrogen-bond donors (Lipinski definition) is 3. The number of aliphatic hydroxyl groups excluding tert-OH is 1. The molecule has 8 heteroatoms. The van der Waals surface area contributed by atoms with Crippen LogP contribution in [0.2, 0.25) is 0 Å². The van der Waals surface area contributed by atoms with Crippen LogP contribution in [0.25, 0.3) is 0 Å². The Kier molecular flexibility index (Phi) is 5.97. The van der Waals surface area contributed by atoms with Crippen LogP contribution in [0.3, 0.4) is 0 Å². The quantitative estimate of drug-likeness (QED) is 0.533. The number of carbonyl (C=O) groups excluding carboxylic acids is 1. The standard InChI is InChI=1S/C11H17N3O5/c1-19-7-8(15)2-4-12-10(17)6-14-5-3-9(16)13-11(14)18/h3,5,8,15H,2,4,6-7H2,1H3,(H,12,17)(H,13,16,18). The molecular formula is C11H17N3O5. The van der Waals surface area contributed by atoms with E-state index in [9.17, 15) is 19.5 Å². The molecule has 0 radical (unpaired) electrons. The van der Waals surface area contributed by atoms with Crippen molar-refractivity contribution in [3.63, 3.8) is 0 Å². The van der Waals surface area contributed by atoms with E-state index < -0.39 is 17.4 Å². The molecule has 1 aromatic rings. The van der Waals surface area contributed by atoms with Gasteiger partial charge in [-0.15, -0.1) is 0 Å². The summed E-state index contributed by atoms with van der Waals surface area (Å²) in [5.41, 5.74) is -1.15. The fourth-order valence-electron chi connectivity index (χ4n) is 1.43. The summed E-state index contributed by atoms with van der Waals surface area (Å²) in [7, 11) is 1.48. The summed E-state index contributed by atoms with van der Waals surface area (Å²) < 4.78 is 5.83. The van der Waals surface area contributed by atoms with Crippen molar-refractivity contribution in [3.8, 4) is 0 Å². The molecule has 0 aliphatic heterocycles. The van der Waals surface area contributed by atoms with Gasteiger partial charge < -0.3 is 15.2 Å². The van der Waals surface area contributed by atoms with E-state index in [0.29, 0.717) is 6.42 Å². The molecule has 8 nitrogen and oxygen atoms in total. The molecular weight excluding hydrogens is 254 g/mol. The number of aromatic nitrogens is 2. The molecule has 0 aliphatic rings. The summed E-state index contributed by atoms with van der Waals surface area (Å²) in [4.78, 5) is 35.7. The summed E-state index contributed by atoms with van der Waals surface area (Å²) in [5, 5.41) is 11.9. The Hall–Kier alpha value is -1.93. The Morgan fingerprint density at radius 3 is 2.95 bits per heavy atom. The second-order valence-corrected chi connectivity index (χ2v) is 3.99. The van der Waals surface area contributed by atoms with Gasteiger partial charge in [-0.25, -0.2) is 4.79 Å². The van der Waals surface area contributed by atoms with Gasteiger partial charge in [0.2, 0.25) is 5.91 Å². The van der Waals surface area contributed by atoms with Gasteiger partial charge in [0.15, 0.2) is 0 Å². The van der Waals surface area contributed by atoms with Crippen molar-refractivity contribution in [2.24, 2.45) is 0 Å². The van der Waals surface area contributed by atoms with Crippen molar-refractivity contribution in [3.05, 3.63) is 33.1 Å². The average Bonchev–Trinajstić information content (AvgIpc) is 2.33. The zero-order chi connectivity index (χ0) is 14.3. The molecule has 0 saturated carbocycles. The number of aromatic amines is 1. The van der Waals surface area contributed by atoms with Crippen LogP contribution < -0.4 is 16.6 Å². The predicted molar refractivity (Wildman–Crippen MR) is 66.8 cm³/mol. The first-order valence-electron chi connectivity index (χ1n) is 5.76. The average molecular weight is 271 g/mol. The second kappa shape index (κ2) is 7.49. The summed E-state index contributed by atoms with van der Waals surface area (Å²) in [6.45, 7) is 0.298. The van der Waals surface area contributed by atoms with Gasteiger partial charge in [0.1, 0.15) is 6.54 Å². The number of carbonyl (C=O) groups is 1. The van der Waals surface area contributed by atoms with E-state index in [0.717, 1.165) is 10.6 Å². The fraction of sp³-hybridized carbons (Fsp3) is 0.545. The molecule has 0 aliphatic carbocycles. The third-order valence-corrected chi connectivity index (χ3v) is 2.37. The Balaban J connectivity index is 2.39. The van der Waals surface area contributed by atoms with Crippen molar-refractivity contribution in [2.75, 3.05) is 20.3 Å². The van der Waals surface area contributed by atoms with E-state index in [1.807, 2.05) is 0 Å². The van der Waals surface area contributed by atoms with Crippen LogP contribution in [0.1, 0.15) is 6.42 Å². The highest BCUT2D eigenvalue weighted by Gasteiger charge is 2.06. The number of aliphatic hydroxyl groups is 1. The van der Waals surface area contributed by atoms with E-state index in [1.165, 1.54) is 13.3 Å². The minimum Gasteiger partial charge on any atom is -0.391 e. The molecule has 1 aromatic heterocycles. The van der Waals surface area contributed by atoms with Gasteiger partial charge in [-0.3, -0.25) is 19.1 Å². The summed E-state index contributed by atoms with van der Waals surface area (Å²) >= 11 is 0. The monoisotopic (exact) mass is 271 g/mol. The minimum atomic E-state index is -0.638.